The minimum Gasteiger partial charge on any atom is -0.493 e. The molecule has 1 fully saturated rings. The van der Waals surface area contributed by atoms with Crippen LogP contribution in [-0.4, -0.2) is 45.9 Å². The molecule has 36 heavy (non-hydrogen) atoms. The van der Waals surface area contributed by atoms with Crippen molar-refractivity contribution in [1.82, 2.24) is 19.7 Å². The van der Waals surface area contributed by atoms with Gasteiger partial charge >= 0.3 is 0 Å². The maximum absolute atomic E-state index is 12.9. The van der Waals surface area contributed by atoms with E-state index < -0.39 is 5.54 Å². The lowest BCUT2D eigenvalue weighted by Crippen LogP contribution is -2.39. The van der Waals surface area contributed by atoms with Crippen molar-refractivity contribution in [2.75, 3.05) is 30.9 Å². The molecule has 4 aromatic rings. The third-order valence-electron chi connectivity index (χ3n) is 6.47. The summed E-state index contributed by atoms with van der Waals surface area (Å²) in [6.07, 6.45) is 4.46. The van der Waals surface area contributed by atoms with Gasteiger partial charge in [-0.3, -0.25) is 4.79 Å². The fourth-order valence-corrected chi connectivity index (χ4v) is 4.49. The first-order valence-electron chi connectivity index (χ1n) is 11.8. The minimum atomic E-state index is -0.429. The van der Waals surface area contributed by atoms with Crippen molar-refractivity contribution in [2.24, 2.45) is 0 Å². The number of para-hydroxylation sites is 1. The van der Waals surface area contributed by atoms with Gasteiger partial charge < -0.3 is 20.1 Å². The zero-order valence-corrected chi connectivity index (χ0v) is 20.3. The van der Waals surface area contributed by atoms with E-state index in [1.54, 1.807) is 12.0 Å². The number of carbonyl (C=O) groups excluding carboxylic acids is 1. The van der Waals surface area contributed by atoms with Gasteiger partial charge in [-0.25, -0.2) is 14.6 Å². The number of hydrogen-bond donors (Lipinski definition) is 1. The van der Waals surface area contributed by atoms with Gasteiger partial charge in [0.2, 0.25) is 5.91 Å². The van der Waals surface area contributed by atoms with Crippen molar-refractivity contribution >= 4 is 28.4 Å². The topological polar surface area (TPSA) is 108 Å². The Morgan fingerprint density at radius 1 is 1.19 bits per heavy atom. The van der Waals surface area contributed by atoms with E-state index in [2.05, 4.69) is 16.5 Å². The number of carbonyl (C=O) groups is 1. The lowest BCUT2D eigenvalue weighted by atomic mass is 10.1. The molecule has 0 aliphatic heterocycles. The second kappa shape index (κ2) is 9.33. The number of methoxy groups -OCH3 is 1. The highest BCUT2D eigenvalue weighted by Crippen LogP contribution is 2.48. The van der Waals surface area contributed by atoms with Crippen molar-refractivity contribution < 1.29 is 14.3 Å². The van der Waals surface area contributed by atoms with E-state index >= 15 is 0 Å². The molecular weight excluding hydrogens is 456 g/mol. The first-order valence-corrected chi connectivity index (χ1v) is 11.8. The first kappa shape index (κ1) is 23.3. The van der Waals surface area contributed by atoms with Crippen LogP contribution in [0.4, 0.5) is 11.5 Å². The minimum absolute atomic E-state index is 0.172. The van der Waals surface area contributed by atoms with E-state index in [1.165, 1.54) is 12.4 Å². The van der Waals surface area contributed by atoms with Crippen LogP contribution >= 0.6 is 0 Å². The molecule has 0 bridgehead atoms. The third kappa shape index (κ3) is 4.02. The van der Waals surface area contributed by atoms with E-state index in [0.29, 0.717) is 47.2 Å². The number of benzene rings is 2. The number of nitrogens with zero attached hydrogens (tertiary/aromatic N) is 5. The highest BCUT2D eigenvalue weighted by atomic mass is 16.5. The van der Waals surface area contributed by atoms with Crippen LogP contribution in [0.25, 0.3) is 22.3 Å². The summed E-state index contributed by atoms with van der Waals surface area (Å²) in [7, 11) is 1.60. The van der Waals surface area contributed by atoms with Crippen molar-refractivity contribution in [2.45, 2.75) is 25.3 Å². The SMILES string of the molecule is C=CC(=O)N(CC1(n2nc(-c3ccc(OCC)c(OC)c3)c3c(N)ncnc32)CC1)c1ccccc1. The number of hydrogen-bond acceptors (Lipinski definition) is 7. The first-order chi connectivity index (χ1) is 17.5. The van der Waals surface area contributed by atoms with E-state index in [4.69, 9.17) is 20.3 Å². The lowest BCUT2D eigenvalue weighted by Gasteiger charge is -2.27. The zero-order chi connectivity index (χ0) is 25.3. The van der Waals surface area contributed by atoms with Crippen molar-refractivity contribution in [3.05, 3.63) is 67.5 Å². The monoisotopic (exact) mass is 484 g/mol. The summed E-state index contributed by atoms with van der Waals surface area (Å²) in [5.41, 5.74) is 8.80. The smallest absolute Gasteiger partial charge is 0.250 e. The van der Waals surface area contributed by atoms with Gasteiger partial charge in [0.1, 0.15) is 17.8 Å². The maximum Gasteiger partial charge on any atom is 0.250 e. The van der Waals surface area contributed by atoms with Crippen molar-refractivity contribution in [3.63, 3.8) is 0 Å². The predicted molar refractivity (Wildman–Crippen MR) is 139 cm³/mol. The number of rotatable bonds is 9. The number of aromatic nitrogens is 4. The van der Waals surface area contributed by atoms with Gasteiger partial charge in [-0.05, 0) is 56.2 Å². The van der Waals surface area contributed by atoms with Crippen molar-refractivity contribution in [3.8, 4) is 22.8 Å². The molecule has 9 nitrogen and oxygen atoms in total. The Hall–Kier alpha value is -4.40. The van der Waals surface area contributed by atoms with Gasteiger partial charge in [-0.15, -0.1) is 0 Å². The Labute approximate surface area is 209 Å². The molecule has 0 saturated heterocycles. The van der Waals surface area contributed by atoms with Crippen LogP contribution in [0.15, 0.2) is 67.5 Å². The van der Waals surface area contributed by atoms with Crippen LogP contribution in [0.1, 0.15) is 19.8 Å². The summed E-state index contributed by atoms with van der Waals surface area (Å²) < 4.78 is 13.1. The average molecular weight is 485 g/mol. The molecule has 2 aromatic heterocycles. The number of anilines is 2. The molecule has 5 rings (SSSR count). The van der Waals surface area contributed by atoms with Gasteiger partial charge in [0.15, 0.2) is 17.1 Å². The summed E-state index contributed by atoms with van der Waals surface area (Å²) in [6, 6.07) is 15.2. The summed E-state index contributed by atoms with van der Waals surface area (Å²) in [5, 5.41) is 5.67. The van der Waals surface area contributed by atoms with Gasteiger partial charge in [0, 0.05) is 11.3 Å². The summed E-state index contributed by atoms with van der Waals surface area (Å²) >= 11 is 0. The highest BCUT2D eigenvalue weighted by Gasteiger charge is 2.49. The molecule has 184 valence electrons. The fourth-order valence-electron chi connectivity index (χ4n) is 4.49. The molecule has 1 saturated carbocycles. The second-order valence-corrected chi connectivity index (χ2v) is 8.70. The standard InChI is InChI=1S/C27H28N6O3/c1-4-22(34)32(19-9-7-6-8-10-19)16-27(13-14-27)33-26-23(25(28)29-17-30-26)24(31-33)18-11-12-20(36-5-2)21(15-18)35-3/h4,6-12,15,17H,1,5,13-14,16H2,2-3H3,(H2,28,29,30). The number of amides is 1. The number of ether oxygens (including phenoxy) is 2. The largest absolute Gasteiger partial charge is 0.493 e. The Bertz CT molecular complexity index is 1430. The molecule has 0 unspecified atom stereocenters. The third-order valence-corrected chi connectivity index (χ3v) is 6.47. The van der Waals surface area contributed by atoms with Crippen LogP contribution in [0.5, 0.6) is 11.5 Å². The number of fused-ring (bicyclic) bond motifs is 1. The Balaban J connectivity index is 1.62. The predicted octanol–water partition coefficient (Wildman–Crippen LogP) is 4.19. The zero-order valence-electron chi connectivity index (χ0n) is 20.3. The van der Waals surface area contributed by atoms with E-state index in [9.17, 15) is 4.79 Å². The second-order valence-electron chi connectivity index (χ2n) is 8.70. The molecule has 0 radical (unpaired) electrons. The van der Waals surface area contributed by atoms with Crippen LogP contribution in [0.3, 0.4) is 0 Å². The Morgan fingerprint density at radius 3 is 2.64 bits per heavy atom. The van der Waals surface area contributed by atoms with Gasteiger partial charge in [0.25, 0.3) is 0 Å². The molecule has 1 amide bonds. The summed E-state index contributed by atoms with van der Waals surface area (Å²) in [5.74, 6) is 1.42. The fraction of sp³-hybridized carbons (Fsp3) is 0.259. The van der Waals surface area contributed by atoms with Crippen LogP contribution in [0.2, 0.25) is 0 Å². The van der Waals surface area contributed by atoms with Gasteiger partial charge in [-0.1, -0.05) is 24.8 Å². The highest BCUT2D eigenvalue weighted by molar-refractivity contribution is 6.01. The van der Waals surface area contributed by atoms with E-state index in [-0.39, 0.29) is 5.91 Å². The average Bonchev–Trinajstić information content (AvgIpc) is 3.58. The maximum atomic E-state index is 12.9. The lowest BCUT2D eigenvalue weighted by molar-refractivity contribution is -0.114. The van der Waals surface area contributed by atoms with E-state index in [0.717, 1.165) is 24.1 Å². The molecular formula is C27H28N6O3. The quantitative estimate of drug-likeness (QED) is 0.355. The van der Waals surface area contributed by atoms with Crippen LogP contribution < -0.4 is 20.1 Å². The molecule has 2 N–H and O–H groups in total. The van der Waals surface area contributed by atoms with E-state index in [1.807, 2.05) is 60.1 Å². The molecule has 1 aliphatic rings. The number of nitrogen functional groups attached to an aromatic ring is 1. The van der Waals surface area contributed by atoms with Crippen LogP contribution in [-0.2, 0) is 10.3 Å². The normalized spacial score (nSPS) is 13.8. The molecule has 0 atom stereocenters. The molecule has 2 aromatic carbocycles. The van der Waals surface area contributed by atoms with Gasteiger partial charge in [-0.2, -0.15) is 5.10 Å². The molecule has 1 aliphatic carbocycles. The summed E-state index contributed by atoms with van der Waals surface area (Å²) in [6.45, 7) is 6.57. The molecule has 2 heterocycles. The Kier molecular flexibility index (Phi) is 6.05. The molecule has 9 heteroatoms. The van der Waals surface area contributed by atoms with Crippen LogP contribution in [0, 0.1) is 0 Å². The molecule has 0 spiro atoms. The summed E-state index contributed by atoms with van der Waals surface area (Å²) in [4.78, 5) is 23.4. The number of nitrogens with two attached hydrogens (primary N) is 1. The van der Waals surface area contributed by atoms with Crippen molar-refractivity contribution in [1.29, 1.82) is 0 Å². The Morgan fingerprint density at radius 2 is 1.97 bits per heavy atom. The van der Waals surface area contributed by atoms with Gasteiger partial charge in [0.05, 0.1) is 31.2 Å².